The molecule has 0 aliphatic rings. The topological polar surface area (TPSA) is 12.7 Å². The van der Waals surface area contributed by atoms with Gasteiger partial charge in [0.1, 0.15) is 5.69 Å². The Bertz CT molecular complexity index is 1190. The summed E-state index contributed by atoms with van der Waals surface area (Å²) >= 11 is 0. The zero-order chi connectivity index (χ0) is 20.1. The second-order valence-electron chi connectivity index (χ2n) is 6.96. The molecule has 0 amide bonds. The lowest BCUT2D eigenvalue weighted by atomic mass is 10.0. The highest BCUT2D eigenvalue weighted by Gasteiger charge is 2.34. The standard InChI is InChI=1S/C22H20F3N3/c1-15-11-17-7-4-5-8-18(17)14-27(15)20-12-19(22(23,24)25)13-21(16(20)2)28-10-6-9-26(28)3/h4-14H,1-3H3/q+2. The van der Waals surface area contributed by atoms with Gasteiger partial charge in [-0.15, -0.1) is 9.36 Å². The average Bonchev–Trinajstić information content (AvgIpc) is 3.06. The summed E-state index contributed by atoms with van der Waals surface area (Å²) in [5.74, 6) is 0. The zero-order valence-electron chi connectivity index (χ0n) is 15.8. The van der Waals surface area contributed by atoms with Gasteiger partial charge in [0.05, 0.1) is 17.3 Å². The van der Waals surface area contributed by atoms with Gasteiger partial charge in [-0.1, -0.05) is 18.2 Å². The average molecular weight is 383 g/mol. The molecule has 0 N–H and O–H groups in total. The van der Waals surface area contributed by atoms with Crippen molar-refractivity contribution in [2.24, 2.45) is 7.05 Å². The quantitative estimate of drug-likeness (QED) is 0.456. The van der Waals surface area contributed by atoms with E-state index in [1.165, 1.54) is 12.1 Å². The Balaban J connectivity index is 2.04. The monoisotopic (exact) mass is 383 g/mol. The number of benzene rings is 2. The molecule has 2 heterocycles. The molecule has 0 aliphatic heterocycles. The summed E-state index contributed by atoms with van der Waals surface area (Å²) in [6.07, 6.45) is 1.01. The van der Waals surface area contributed by atoms with Gasteiger partial charge in [-0.3, -0.25) is 0 Å². The Kier molecular flexibility index (Phi) is 4.22. The van der Waals surface area contributed by atoms with E-state index in [4.69, 9.17) is 0 Å². The summed E-state index contributed by atoms with van der Waals surface area (Å²) < 4.78 is 46.3. The zero-order valence-corrected chi connectivity index (χ0v) is 15.8. The van der Waals surface area contributed by atoms with Crippen molar-refractivity contribution in [3.05, 3.63) is 83.9 Å². The van der Waals surface area contributed by atoms with Crippen molar-refractivity contribution in [1.82, 2.24) is 4.68 Å². The molecule has 0 atom stereocenters. The van der Waals surface area contributed by atoms with Gasteiger partial charge in [0.25, 0.3) is 0 Å². The van der Waals surface area contributed by atoms with E-state index >= 15 is 0 Å². The molecule has 142 valence electrons. The number of fused-ring (bicyclic) bond motifs is 1. The Morgan fingerprint density at radius 2 is 1.64 bits per heavy atom. The predicted molar refractivity (Wildman–Crippen MR) is 100 cm³/mol. The van der Waals surface area contributed by atoms with Gasteiger partial charge in [0.15, 0.2) is 25.1 Å². The Labute approximate surface area is 160 Å². The number of halogens is 3. The van der Waals surface area contributed by atoms with Gasteiger partial charge in [-0.2, -0.15) is 17.7 Å². The van der Waals surface area contributed by atoms with Gasteiger partial charge in [-0.25, -0.2) is 0 Å². The number of rotatable bonds is 2. The first-order valence-electron chi connectivity index (χ1n) is 8.92. The number of hydrogen-bond acceptors (Lipinski definition) is 0. The van der Waals surface area contributed by atoms with Crippen LogP contribution in [-0.4, -0.2) is 4.68 Å². The second-order valence-corrected chi connectivity index (χ2v) is 6.96. The highest BCUT2D eigenvalue weighted by Crippen LogP contribution is 2.33. The third-order valence-electron chi connectivity index (χ3n) is 5.06. The van der Waals surface area contributed by atoms with Crippen LogP contribution in [0.3, 0.4) is 0 Å². The van der Waals surface area contributed by atoms with Gasteiger partial charge in [0, 0.05) is 30.5 Å². The molecular formula is C22H20F3N3+2. The van der Waals surface area contributed by atoms with Crippen LogP contribution >= 0.6 is 0 Å². The molecule has 4 rings (SSSR count). The van der Waals surface area contributed by atoms with Crippen molar-refractivity contribution in [2.45, 2.75) is 20.0 Å². The van der Waals surface area contributed by atoms with Crippen molar-refractivity contribution in [3.8, 4) is 11.4 Å². The van der Waals surface area contributed by atoms with Crippen molar-refractivity contribution < 1.29 is 22.4 Å². The Morgan fingerprint density at radius 3 is 2.29 bits per heavy atom. The molecule has 4 aromatic rings. The third kappa shape index (κ3) is 3.05. The van der Waals surface area contributed by atoms with Crippen LogP contribution in [0.2, 0.25) is 0 Å². The fraction of sp³-hybridized carbons (Fsp3) is 0.182. The lowest BCUT2D eigenvalue weighted by molar-refractivity contribution is -0.744. The molecule has 28 heavy (non-hydrogen) atoms. The second kappa shape index (κ2) is 6.48. The first kappa shape index (κ1) is 18.2. The molecule has 0 spiro atoms. The summed E-state index contributed by atoms with van der Waals surface area (Å²) in [6.45, 7) is 3.76. The number of alkyl halides is 3. The maximum atomic E-state index is 13.7. The minimum absolute atomic E-state index is 0.498. The van der Waals surface area contributed by atoms with Gasteiger partial charge in [0.2, 0.25) is 5.69 Å². The number of nitrogens with zero attached hydrogens (tertiary/aromatic N) is 3. The minimum Gasteiger partial charge on any atom is -0.166 e. The fourth-order valence-corrected chi connectivity index (χ4v) is 3.56. The lowest BCUT2D eigenvalue weighted by Crippen LogP contribution is -2.39. The molecule has 0 fully saturated rings. The SMILES string of the molecule is Cc1c(-n2ccc[n+]2C)cc(C(F)(F)F)cc1-[n+]1cc2ccccc2cc1C. The maximum Gasteiger partial charge on any atom is 0.416 e. The van der Waals surface area contributed by atoms with E-state index in [0.29, 0.717) is 11.4 Å². The van der Waals surface area contributed by atoms with Crippen LogP contribution in [0.25, 0.3) is 22.1 Å². The maximum absolute atomic E-state index is 13.7. The molecular weight excluding hydrogens is 363 g/mol. The van der Waals surface area contributed by atoms with Crippen molar-refractivity contribution in [1.29, 1.82) is 0 Å². The Morgan fingerprint density at radius 1 is 0.929 bits per heavy atom. The molecule has 3 nitrogen and oxygen atoms in total. The predicted octanol–water partition coefficient (Wildman–Crippen LogP) is 4.37. The number of aromatic nitrogens is 3. The first-order valence-corrected chi connectivity index (χ1v) is 8.92. The highest BCUT2D eigenvalue weighted by atomic mass is 19.4. The third-order valence-corrected chi connectivity index (χ3v) is 5.06. The van der Waals surface area contributed by atoms with Gasteiger partial charge in [-0.05, 0) is 24.4 Å². The number of pyridine rings is 1. The van der Waals surface area contributed by atoms with Crippen molar-refractivity contribution in [2.75, 3.05) is 0 Å². The van der Waals surface area contributed by atoms with Crippen LogP contribution in [0.1, 0.15) is 16.8 Å². The highest BCUT2D eigenvalue weighted by molar-refractivity contribution is 5.81. The van der Waals surface area contributed by atoms with Crippen LogP contribution in [0.5, 0.6) is 0 Å². The summed E-state index contributed by atoms with van der Waals surface area (Å²) in [4.78, 5) is 0. The van der Waals surface area contributed by atoms with Crippen molar-refractivity contribution in [3.63, 3.8) is 0 Å². The molecule has 0 saturated carbocycles. The molecule has 0 unspecified atom stereocenters. The van der Waals surface area contributed by atoms with Crippen LogP contribution in [0, 0.1) is 13.8 Å². The molecule has 0 bridgehead atoms. The minimum atomic E-state index is -4.44. The van der Waals surface area contributed by atoms with E-state index in [1.54, 1.807) is 34.9 Å². The largest absolute Gasteiger partial charge is 0.416 e. The number of hydrogen-bond donors (Lipinski definition) is 0. The molecule has 0 saturated heterocycles. The van der Waals surface area contributed by atoms with Gasteiger partial charge < -0.3 is 0 Å². The smallest absolute Gasteiger partial charge is 0.166 e. The van der Waals surface area contributed by atoms with E-state index in [0.717, 1.165) is 22.0 Å². The van der Waals surface area contributed by atoms with Crippen molar-refractivity contribution >= 4 is 10.8 Å². The van der Waals surface area contributed by atoms with Crippen LogP contribution < -0.4 is 9.25 Å². The summed E-state index contributed by atoms with van der Waals surface area (Å²) in [5.41, 5.74) is 1.98. The number of aryl methyl sites for hydroxylation is 2. The summed E-state index contributed by atoms with van der Waals surface area (Å²) in [5, 5.41) is 2.02. The molecule has 2 aromatic heterocycles. The molecule has 6 heteroatoms. The van der Waals surface area contributed by atoms with Crippen LogP contribution in [0.4, 0.5) is 13.2 Å². The van der Waals surface area contributed by atoms with E-state index in [9.17, 15) is 13.2 Å². The Hall–Kier alpha value is -3.15. The van der Waals surface area contributed by atoms with Crippen LogP contribution in [0.15, 0.2) is 67.1 Å². The summed E-state index contributed by atoms with van der Waals surface area (Å²) in [6, 6.07) is 14.0. The van der Waals surface area contributed by atoms with Crippen LogP contribution in [-0.2, 0) is 13.2 Å². The van der Waals surface area contributed by atoms with E-state index in [2.05, 4.69) is 0 Å². The lowest BCUT2D eigenvalue weighted by Gasteiger charge is -2.13. The summed E-state index contributed by atoms with van der Waals surface area (Å²) in [7, 11) is 1.80. The molecule has 2 aromatic carbocycles. The molecule has 0 radical (unpaired) electrons. The first-order chi connectivity index (χ1) is 13.3. The van der Waals surface area contributed by atoms with Gasteiger partial charge >= 0.3 is 6.18 Å². The van der Waals surface area contributed by atoms with E-state index < -0.39 is 11.7 Å². The fourth-order valence-electron chi connectivity index (χ4n) is 3.56. The normalized spacial score (nSPS) is 11.9. The van der Waals surface area contributed by atoms with E-state index in [1.807, 2.05) is 54.9 Å². The molecule has 0 aliphatic carbocycles. The van der Waals surface area contributed by atoms with E-state index in [-0.39, 0.29) is 0 Å².